The van der Waals surface area contributed by atoms with E-state index in [2.05, 4.69) is 10.0 Å². The van der Waals surface area contributed by atoms with Gasteiger partial charge in [0.2, 0.25) is 10.0 Å². The third-order valence-corrected chi connectivity index (χ3v) is 5.19. The quantitative estimate of drug-likeness (QED) is 0.846. The molecule has 0 saturated carbocycles. The Labute approximate surface area is 127 Å². The van der Waals surface area contributed by atoms with Gasteiger partial charge < -0.3 is 10.1 Å². The maximum atomic E-state index is 12.4. The van der Waals surface area contributed by atoms with E-state index in [9.17, 15) is 8.42 Å². The van der Waals surface area contributed by atoms with Crippen molar-refractivity contribution in [3.8, 4) is 0 Å². The molecular weight excluding hydrogens is 288 g/mol. The lowest BCUT2D eigenvalue weighted by atomic mass is 10.1. The molecule has 2 unspecified atom stereocenters. The van der Waals surface area contributed by atoms with Crippen LogP contribution in [-0.2, 0) is 14.8 Å². The zero-order valence-corrected chi connectivity index (χ0v) is 13.6. The van der Waals surface area contributed by atoms with Crippen LogP contribution in [0.4, 0.5) is 5.69 Å². The van der Waals surface area contributed by atoms with Crippen molar-refractivity contribution in [2.45, 2.75) is 56.7 Å². The lowest BCUT2D eigenvalue weighted by molar-refractivity contribution is 0.0996. The minimum absolute atomic E-state index is 0.0721. The first-order valence-corrected chi connectivity index (χ1v) is 8.88. The van der Waals surface area contributed by atoms with Crippen molar-refractivity contribution in [2.75, 3.05) is 11.9 Å². The van der Waals surface area contributed by atoms with E-state index in [0.717, 1.165) is 19.4 Å². The summed E-state index contributed by atoms with van der Waals surface area (Å²) in [6.07, 6.45) is 2.21. The van der Waals surface area contributed by atoms with Crippen molar-refractivity contribution in [3.63, 3.8) is 0 Å². The highest BCUT2D eigenvalue weighted by Gasteiger charge is 2.25. The third kappa shape index (κ3) is 4.18. The standard InChI is InChI=1S/C15H24N2O3S/c1-11(2)17-21(18,19)15-9-5-4-7-13(15)16-12(3)14-8-6-10-20-14/h4-5,7,9,11-12,14,16-17H,6,8,10H2,1-3H3. The molecule has 1 heterocycles. The van der Waals surface area contributed by atoms with E-state index in [0.29, 0.717) is 5.69 Å². The first-order chi connectivity index (χ1) is 9.90. The van der Waals surface area contributed by atoms with Crippen molar-refractivity contribution >= 4 is 15.7 Å². The van der Waals surface area contributed by atoms with Gasteiger partial charge in [0.05, 0.1) is 11.8 Å². The molecule has 0 aromatic heterocycles. The van der Waals surface area contributed by atoms with Gasteiger partial charge in [-0.2, -0.15) is 0 Å². The minimum Gasteiger partial charge on any atom is -0.379 e. The molecule has 21 heavy (non-hydrogen) atoms. The number of anilines is 1. The minimum atomic E-state index is -3.51. The van der Waals surface area contributed by atoms with Crippen LogP contribution < -0.4 is 10.0 Å². The van der Waals surface area contributed by atoms with E-state index in [1.54, 1.807) is 18.2 Å². The van der Waals surface area contributed by atoms with Gasteiger partial charge in [-0.1, -0.05) is 12.1 Å². The van der Waals surface area contributed by atoms with Gasteiger partial charge in [-0.25, -0.2) is 13.1 Å². The van der Waals surface area contributed by atoms with Crippen LogP contribution in [-0.4, -0.2) is 33.2 Å². The fourth-order valence-electron chi connectivity index (χ4n) is 2.53. The molecule has 1 fully saturated rings. The van der Waals surface area contributed by atoms with Crippen LogP contribution in [0.5, 0.6) is 0 Å². The Morgan fingerprint density at radius 3 is 2.57 bits per heavy atom. The maximum Gasteiger partial charge on any atom is 0.242 e. The Morgan fingerprint density at radius 1 is 1.24 bits per heavy atom. The maximum absolute atomic E-state index is 12.4. The number of hydrogen-bond donors (Lipinski definition) is 2. The van der Waals surface area contributed by atoms with Crippen molar-refractivity contribution in [2.24, 2.45) is 0 Å². The van der Waals surface area contributed by atoms with Crippen LogP contribution in [0.1, 0.15) is 33.6 Å². The van der Waals surface area contributed by atoms with Crippen LogP contribution in [0, 0.1) is 0 Å². The van der Waals surface area contributed by atoms with Gasteiger partial charge in [0, 0.05) is 18.7 Å². The number of nitrogens with one attached hydrogen (secondary N) is 2. The van der Waals surface area contributed by atoms with E-state index in [4.69, 9.17) is 4.74 Å². The molecule has 0 bridgehead atoms. The Balaban J connectivity index is 2.20. The molecule has 1 aromatic rings. The number of benzene rings is 1. The molecule has 1 aliphatic heterocycles. The number of ether oxygens (including phenoxy) is 1. The fourth-order valence-corrected chi connectivity index (χ4v) is 3.95. The third-order valence-electron chi connectivity index (χ3n) is 3.47. The van der Waals surface area contributed by atoms with Gasteiger partial charge in [-0.05, 0) is 45.7 Å². The second-order valence-electron chi connectivity index (χ2n) is 5.76. The molecule has 2 N–H and O–H groups in total. The first-order valence-electron chi connectivity index (χ1n) is 7.39. The molecule has 1 aliphatic rings. The number of sulfonamides is 1. The Morgan fingerprint density at radius 2 is 1.95 bits per heavy atom. The summed E-state index contributed by atoms with van der Waals surface area (Å²) in [4.78, 5) is 0.281. The molecule has 2 atom stereocenters. The zero-order valence-electron chi connectivity index (χ0n) is 12.8. The average molecular weight is 312 g/mol. The molecule has 0 radical (unpaired) electrons. The summed E-state index contributed by atoms with van der Waals surface area (Å²) in [6.45, 7) is 6.42. The van der Waals surface area contributed by atoms with Crippen molar-refractivity contribution in [1.82, 2.24) is 4.72 Å². The summed E-state index contributed by atoms with van der Waals surface area (Å²) in [5, 5.41) is 3.29. The van der Waals surface area contributed by atoms with E-state index < -0.39 is 10.0 Å². The van der Waals surface area contributed by atoms with E-state index in [-0.39, 0.29) is 23.1 Å². The molecule has 5 nitrogen and oxygen atoms in total. The van der Waals surface area contributed by atoms with Gasteiger partial charge >= 0.3 is 0 Å². The second-order valence-corrected chi connectivity index (χ2v) is 7.44. The fraction of sp³-hybridized carbons (Fsp3) is 0.600. The van der Waals surface area contributed by atoms with E-state index >= 15 is 0 Å². The Kier molecular flexibility index (Phi) is 5.24. The van der Waals surface area contributed by atoms with Gasteiger partial charge in [-0.15, -0.1) is 0 Å². The van der Waals surface area contributed by atoms with E-state index in [1.807, 2.05) is 26.8 Å². The summed E-state index contributed by atoms with van der Waals surface area (Å²) >= 11 is 0. The molecular formula is C15H24N2O3S. The molecule has 0 amide bonds. The highest BCUT2D eigenvalue weighted by Crippen LogP contribution is 2.24. The average Bonchev–Trinajstić information content (AvgIpc) is 2.91. The monoisotopic (exact) mass is 312 g/mol. The predicted octanol–water partition coefficient (Wildman–Crippen LogP) is 2.35. The summed E-state index contributed by atoms with van der Waals surface area (Å²) < 4.78 is 33.0. The normalized spacial score (nSPS) is 20.7. The van der Waals surface area contributed by atoms with Crippen LogP contribution in [0.15, 0.2) is 29.2 Å². The van der Waals surface area contributed by atoms with Gasteiger partial charge in [0.25, 0.3) is 0 Å². The molecule has 1 aromatic carbocycles. The van der Waals surface area contributed by atoms with Gasteiger partial charge in [0.15, 0.2) is 0 Å². The first kappa shape index (κ1) is 16.3. The number of para-hydroxylation sites is 1. The summed E-state index contributed by atoms with van der Waals surface area (Å²) in [5.74, 6) is 0. The van der Waals surface area contributed by atoms with Gasteiger partial charge in [0.1, 0.15) is 4.90 Å². The van der Waals surface area contributed by atoms with Crippen molar-refractivity contribution < 1.29 is 13.2 Å². The molecule has 6 heteroatoms. The summed E-state index contributed by atoms with van der Waals surface area (Å²) in [5.41, 5.74) is 0.619. The Hall–Kier alpha value is -1.11. The lowest BCUT2D eigenvalue weighted by Gasteiger charge is -2.23. The summed E-state index contributed by atoms with van der Waals surface area (Å²) in [6, 6.07) is 6.91. The zero-order chi connectivity index (χ0) is 15.5. The van der Waals surface area contributed by atoms with E-state index in [1.165, 1.54) is 0 Å². The van der Waals surface area contributed by atoms with Crippen LogP contribution in [0.2, 0.25) is 0 Å². The topological polar surface area (TPSA) is 67.4 Å². The Bertz CT molecular complexity index is 566. The van der Waals surface area contributed by atoms with Crippen LogP contribution in [0.25, 0.3) is 0 Å². The molecule has 118 valence electrons. The highest BCUT2D eigenvalue weighted by molar-refractivity contribution is 7.89. The lowest BCUT2D eigenvalue weighted by Crippen LogP contribution is -2.33. The molecule has 0 aliphatic carbocycles. The van der Waals surface area contributed by atoms with Crippen molar-refractivity contribution in [3.05, 3.63) is 24.3 Å². The second kappa shape index (κ2) is 6.77. The SMILES string of the molecule is CC(C)NS(=O)(=O)c1ccccc1NC(C)C1CCCO1. The number of rotatable bonds is 6. The van der Waals surface area contributed by atoms with Crippen LogP contribution in [0.3, 0.4) is 0 Å². The number of hydrogen-bond acceptors (Lipinski definition) is 4. The molecule has 2 rings (SSSR count). The van der Waals surface area contributed by atoms with Crippen molar-refractivity contribution in [1.29, 1.82) is 0 Å². The van der Waals surface area contributed by atoms with Crippen LogP contribution >= 0.6 is 0 Å². The highest BCUT2D eigenvalue weighted by atomic mass is 32.2. The molecule has 1 saturated heterocycles. The smallest absolute Gasteiger partial charge is 0.242 e. The largest absolute Gasteiger partial charge is 0.379 e. The summed E-state index contributed by atoms with van der Waals surface area (Å²) in [7, 11) is -3.51. The predicted molar refractivity (Wildman–Crippen MR) is 84.0 cm³/mol. The van der Waals surface area contributed by atoms with Gasteiger partial charge in [-0.3, -0.25) is 0 Å². The molecule has 0 spiro atoms.